The number of aryl methyl sites for hydroxylation is 1. The summed E-state index contributed by atoms with van der Waals surface area (Å²) in [5.74, 6) is 0.206. The molecule has 0 fully saturated rings. The number of nitrogens with zero attached hydrogens (tertiary/aromatic N) is 3. The number of hydrogen-bond donors (Lipinski definition) is 1. The van der Waals surface area contributed by atoms with Gasteiger partial charge in [-0.2, -0.15) is 0 Å². The number of aromatic hydroxyl groups is 1. The lowest BCUT2D eigenvalue weighted by Gasteiger charge is -2.21. The topological polar surface area (TPSA) is 48.2 Å². The van der Waals surface area contributed by atoms with Gasteiger partial charge in [0, 0.05) is 11.9 Å². The highest BCUT2D eigenvalue weighted by atomic mass is 16.3. The summed E-state index contributed by atoms with van der Waals surface area (Å²) in [7, 11) is 0. The van der Waals surface area contributed by atoms with Gasteiger partial charge in [-0.05, 0) is 76.6 Å². The Balaban J connectivity index is 1.64. The number of phenolic OH excluding ortho intramolecular Hbond substituents is 1. The van der Waals surface area contributed by atoms with Gasteiger partial charge in [0.1, 0.15) is 11.4 Å². The van der Waals surface area contributed by atoms with E-state index in [2.05, 4.69) is 83.6 Å². The first-order valence-electron chi connectivity index (χ1n) is 11.6. The van der Waals surface area contributed by atoms with Crippen molar-refractivity contribution in [3.8, 4) is 5.75 Å². The van der Waals surface area contributed by atoms with Crippen molar-refractivity contribution in [1.29, 1.82) is 0 Å². The van der Waals surface area contributed by atoms with Crippen molar-refractivity contribution in [2.75, 3.05) is 13.1 Å². The average Bonchev–Trinajstić information content (AvgIpc) is 2.84. The third kappa shape index (κ3) is 3.61. The van der Waals surface area contributed by atoms with Crippen molar-refractivity contribution in [3.63, 3.8) is 0 Å². The van der Waals surface area contributed by atoms with E-state index in [-0.39, 0.29) is 5.75 Å². The van der Waals surface area contributed by atoms with Crippen LogP contribution in [-0.2, 0) is 6.54 Å². The Morgan fingerprint density at radius 3 is 2.12 bits per heavy atom. The molecular formula is C29H29N3O. The molecule has 0 spiro atoms. The minimum atomic E-state index is 0.206. The molecule has 0 bridgehead atoms. The molecular weight excluding hydrogens is 406 g/mol. The fraction of sp³-hybridized carbons (Fsp3) is 0.241. The maximum atomic E-state index is 10.8. The van der Waals surface area contributed by atoms with E-state index in [0.29, 0.717) is 5.69 Å². The van der Waals surface area contributed by atoms with E-state index in [1.54, 1.807) is 0 Å². The average molecular weight is 436 g/mol. The first kappa shape index (κ1) is 21.4. The zero-order chi connectivity index (χ0) is 23.1. The van der Waals surface area contributed by atoms with E-state index in [1.807, 2.05) is 19.9 Å². The lowest BCUT2D eigenvalue weighted by molar-refractivity contribution is 0.295. The van der Waals surface area contributed by atoms with Crippen LogP contribution in [0.2, 0.25) is 0 Å². The summed E-state index contributed by atoms with van der Waals surface area (Å²) < 4.78 is 0. The Morgan fingerprint density at radius 1 is 0.788 bits per heavy atom. The molecule has 0 atom stereocenters. The largest absolute Gasteiger partial charge is 0.505 e. The number of azo groups is 1. The monoisotopic (exact) mass is 435 g/mol. The van der Waals surface area contributed by atoms with Crippen LogP contribution in [0.4, 0.5) is 11.4 Å². The minimum absolute atomic E-state index is 0.206. The predicted octanol–water partition coefficient (Wildman–Crippen LogP) is 8.16. The second-order valence-electron chi connectivity index (χ2n) is 8.78. The third-order valence-corrected chi connectivity index (χ3v) is 6.88. The second kappa shape index (κ2) is 8.45. The molecule has 33 heavy (non-hydrogen) atoms. The zero-order valence-corrected chi connectivity index (χ0v) is 19.7. The van der Waals surface area contributed by atoms with Crippen molar-refractivity contribution in [2.45, 2.75) is 34.2 Å². The van der Waals surface area contributed by atoms with Crippen LogP contribution in [0, 0.1) is 13.8 Å². The molecule has 0 saturated heterocycles. The van der Waals surface area contributed by atoms with Crippen LogP contribution in [0.25, 0.3) is 32.3 Å². The summed E-state index contributed by atoms with van der Waals surface area (Å²) in [5.41, 5.74) is 4.35. The molecule has 4 nitrogen and oxygen atoms in total. The molecule has 0 aromatic heterocycles. The first-order chi connectivity index (χ1) is 16.0. The molecule has 5 rings (SSSR count). The summed E-state index contributed by atoms with van der Waals surface area (Å²) in [6, 6.07) is 21.2. The summed E-state index contributed by atoms with van der Waals surface area (Å²) in [6.45, 7) is 11.1. The van der Waals surface area contributed by atoms with Crippen LogP contribution in [0.3, 0.4) is 0 Å². The second-order valence-corrected chi connectivity index (χ2v) is 8.78. The molecule has 166 valence electrons. The van der Waals surface area contributed by atoms with E-state index < -0.39 is 0 Å². The highest BCUT2D eigenvalue weighted by Gasteiger charge is 2.15. The van der Waals surface area contributed by atoms with E-state index in [0.717, 1.165) is 41.8 Å². The normalized spacial score (nSPS) is 12.3. The van der Waals surface area contributed by atoms with Gasteiger partial charge in [-0.1, -0.05) is 68.4 Å². The number of rotatable bonds is 6. The van der Waals surface area contributed by atoms with E-state index in [9.17, 15) is 5.11 Å². The molecule has 1 N–H and O–H groups in total. The van der Waals surface area contributed by atoms with E-state index in [4.69, 9.17) is 0 Å². The standard InChI is InChI=1S/C29H29N3O/c1-5-32(6-2)17-23-16-18(3)29(33)28(19(23)4)31-30-25-15-13-22-11-10-20-8-7-9-21-12-14-24(25)27(22)26(20)21/h7-16,33H,5-6,17H2,1-4H3. The Bertz CT molecular complexity index is 1480. The molecule has 0 aliphatic rings. The Morgan fingerprint density at radius 2 is 1.42 bits per heavy atom. The van der Waals surface area contributed by atoms with Crippen LogP contribution in [0.1, 0.15) is 30.5 Å². The van der Waals surface area contributed by atoms with Gasteiger partial charge in [0.2, 0.25) is 0 Å². The molecule has 0 aliphatic heterocycles. The van der Waals surface area contributed by atoms with Gasteiger partial charge in [-0.15, -0.1) is 10.2 Å². The van der Waals surface area contributed by atoms with Crippen molar-refractivity contribution in [3.05, 3.63) is 77.4 Å². The molecule has 0 saturated carbocycles. The van der Waals surface area contributed by atoms with Crippen LogP contribution >= 0.6 is 0 Å². The predicted molar refractivity (Wildman–Crippen MR) is 139 cm³/mol. The summed E-state index contributed by atoms with van der Waals surface area (Å²) in [4.78, 5) is 2.36. The minimum Gasteiger partial charge on any atom is -0.505 e. The molecule has 0 amide bonds. The van der Waals surface area contributed by atoms with Crippen molar-refractivity contribution >= 4 is 43.7 Å². The Hall–Kier alpha value is -3.50. The van der Waals surface area contributed by atoms with E-state index >= 15 is 0 Å². The van der Waals surface area contributed by atoms with E-state index in [1.165, 1.54) is 32.5 Å². The zero-order valence-electron chi connectivity index (χ0n) is 19.7. The van der Waals surface area contributed by atoms with Gasteiger partial charge >= 0.3 is 0 Å². The fourth-order valence-electron chi connectivity index (χ4n) is 4.84. The summed E-state index contributed by atoms with van der Waals surface area (Å²) >= 11 is 0. The first-order valence-corrected chi connectivity index (χ1v) is 11.6. The molecule has 4 heteroatoms. The van der Waals surface area contributed by atoms with Crippen LogP contribution in [0.15, 0.2) is 70.9 Å². The van der Waals surface area contributed by atoms with Gasteiger partial charge in [-0.25, -0.2) is 0 Å². The van der Waals surface area contributed by atoms with Crippen molar-refractivity contribution in [1.82, 2.24) is 4.90 Å². The number of phenols is 1. The van der Waals surface area contributed by atoms with Gasteiger partial charge in [0.25, 0.3) is 0 Å². The van der Waals surface area contributed by atoms with Crippen LogP contribution in [-0.4, -0.2) is 23.1 Å². The number of benzene rings is 5. The molecule has 0 aliphatic carbocycles. The molecule has 5 aromatic rings. The third-order valence-electron chi connectivity index (χ3n) is 6.88. The maximum absolute atomic E-state index is 10.8. The molecule has 5 aromatic carbocycles. The molecule has 0 heterocycles. The number of hydrogen-bond acceptors (Lipinski definition) is 4. The quantitative estimate of drug-likeness (QED) is 0.216. The van der Waals surface area contributed by atoms with Crippen molar-refractivity contribution < 1.29 is 5.11 Å². The van der Waals surface area contributed by atoms with Gasteiger partial charge < -0.3 is 5.11 Å². The summed E-state index contributed by atoms with van der Waals surface area (Å²) in [5, 5.41) is 27.3. The SMILES string of the molecule is CCN(CC)Cc1cc(C)c(O)c(N=Nc2ccc3ccc4cccc5ccc2c3c45)c1C. The van der Waals surface area contributed by atoms with Gasteiger partial charge in [-0.3, -0.25) is 4.90 Å². The maximum Gasteiger partial charge on any atom is 0.146 e. The Kier molecular flexibility index (Phi) is 5.47. The van der Waals surface area contributed by atoms with Crippen molar-refractivity contribution in [2.24, 2.45) is 10.2 Å². The Labute approximate surface area is 194 Å². The highest BCUT2D eigenvalue weighted by Crippen LogP contribution is 2.41. The smallest absolute Gasteiger partial charge is 0.146 e. The lowest BCUT2D eigenvalue weighted by Crippen LogP contribution is -2.22. The van der Waals surface area contributed by atoms with Gasteiger partial charge in [0.05, 0.1) is 5.69 Å². The highest BCUT2D eigenvalue weighted by molar-refractivity contribution is 6.24. The van der Waals surface area contributed by atoms with Crippen LogP contribution < -0.4 is 0 Å². The molecule has 0 unspecified atom stereocenters. The summed E-state index contributed by atoms with van der Waals surface area (Å²) in [6.07, 6.45) is 0. The lowest BCUT2D eigenvalue weighted by atomic mass is 9.94. The van der Waals surface area contributed by atoms with Gasteiger partial charge in [0.15, 0.2) is 0 Å². The van der Waals surface area contributed by atoms with Crippen LogP contribution in [0.5, 0.6) is 5.75 Å². The molecule has 0 radical (unpaired) electrons. The fourth-order valence-corrected chi connectivity index (χ4v) is 4.84.